The highest BCUT2D eigenvalue weighted by atomic mass is 19.4. The van der Waals surface area contributed by atoms with E-state index in [1.54, 1.807) is 0 Å². The van der Waals surface area contributed by atoms with Gasteiger partial charge >= 0.3 is 6.18 Å². The molecule has 22 heavy (non-hydrogen) atoms. The first-order valence-corrected chi connectivity index (χ1v) is 7.12. The number of alkyl halides is 3. The van der Waals surface area contributed by atoms with Crippen LogP contribution in [-0.2, 0) is 17.5 Å². The molecule has 0 aliphatic carbocycles. The summed E-state index contributed by atoms with van der Waals surface area (Å²) in [7, 11) is 1.93. The van der Waals surface area contributed by atoms with Gasteiger partial charge in [0.05, 0.1) is 11.5 Å². The summed E-state index contributed by atoms with van der Waals surface area (Å²) in [5.41, 5.74) is 5.55. The van der Waals surface area contributed by atoms with E-state index >= 15 is 0 Å². The van der Waals surface area contributed by atoms with E-state index < -0.39 is 11.7 Å². The maximum Gasteiger partial charge on any atom is 0.416 e. The average molecular weight is 315 g/mol. The monoisotopic (exact) mass is 315 g/mol. The Bertz CT molecular complexity index is 516. The van der Waals surface area contributed by atoms with E-state index in [9.17, 15) is 18.0 Å². The van der Waals surface area contributed by atoms with Gasteiger partial charge in [-0.3, -0.25) is 9.69 Å². The predicted molar refractivity (Wildman–Crippen MR) is 76.9 cm³/mol. The molecule has 2 N–H and O–H groups in total. The van der Waals surface area contributed by atoms with Crippen molar-refractivity contribution in [2.75, 3.05) is 33.2 Å². The summed E-state index contributed by atoms with van der Waals surface area (Å²) < 4.78 is 37.6. The summed E-state index contributed by atoms with van der Waals surface area (Å²) in [4.78, 5) is 15.6. The number of likely N-dealkylation sites (N-methyl/N-ethyl adjacent to an activating group) is 1. The third-order valence-corrected chi connectivity index (χ3v) is 3.90. The molecule has 0 radical (unpaired) electrons. The number of primary amides is 1. The lowest BCUT2D eigenvalue weighted by atomic mass is 10.1. The molecule has 0 unspecified atom stereocenters. The molecule has 7 heteroatoms. The highest BCUT2D eigenvalue weighted by Gasteiger charge is 2.30. The minimum absolute atomic E-state index is 0.262. The second-order valence-corrected chi connectivity index (χ2v) is 5.79. The lowest BCUT2D eigenvalue weighted by Gasteiger charge is -2.22. The Balaban J connectivity index is 2.04. The van der Waals surface area contributed by atoms with E-state index in [2.05, 4.69) is 4.90 Å². The van der Waals surface area contributed by atoms with E-state index in [1.165, 1.54) is 12.1 Å². The number of nitrogens with two attached hydrogens (primary N) is 1. The summed E-state index contributed by atoms with van der Waals surface area (Å²) in [5, 5.41) is 0. The molecule has 0 bridgehead atoms. The zero-order valence-electron chi connectivity index (χ0n) is 12.4. The Morgan fingerprint density at radius 1 is 1.23 bits per heavy atom. The minimum Gasteiger partial charge on any atom is -0.369 e. The van der Waals surface area contributed by atoms with Gasteiger partial charge in [0, 0.05) is 32.7 Å². The van der Waals surface area contributed by atoms with E-state index in [0.29, 0.717) is 19.6 Å². The normalized spacial score (nSPS) is 21.5. The van der Waals surface area contributed by atoms with Gasteiger partial charge in [0.2, 0.25) is 5.91 Å². The van der Waals surface area contributed by atoms with E-state index in [4.69, 9.17) is 5.73 Å². The standard InChI is InChI=1S/C15H20F3N3O/c1-20-6-7-21(10-12(9-20)14(19)22)8-11-2-4-13(5-3-11)15(16,17)18/h2-5,12H,6-10H2,1H3,(H2,19,22)/t12-/m1/s1. The molecule has 1 heterocycles. The summed E-state index contributed by atoms with van der Waals surface area (Å²) >= 11 is 0. The molecule has 1 amide bonds. The van der Waals surface area contributed by atoms with Crippen molar-refractivity contribution in [1.82, 2.24) is 9.80 Å². The van der Waals surface area contributed by atoms with Crippen LogP contribution in [0.4, 0.5) is 13.2 Å². The Morgan fingerprint density at radius 3 is 2.41 bits per heavy atom. The number of hydrogen-bond acceptors (Lipinski definition) is 3. The smallest absolute Gasteiger partial charge is 0.369 e. The molecule has 1 saturated heterocycles. The number of carbonyl (C=O) groups is 1. The summed E-state index contributed by atoms with van der Waals surface area (Å²) in [6.07, 6.45) is -4.32. The fourth-order valence-corrected chi connectivity index (χ4v) is 2.62. The van der Waals surface area contributed by atoms with Crippen molar-refractivity contribution in [3.63, 3.8) is 0 Å². The van der Waals surface area contributed by atoms with Gasteiger partial charge in [-0.2, -0.15) is 13.2 Å². The Kier molecular flexibility index (Phi) is 5.08. The van der Waals surface area contributed by atoms with Crippen LogP contribution in [0, 0.1) is 5.92 Å². The van der Waals surface area contributed by atoms with Crippen molar-refractivity contribution < 1.29 is 18.0 Å². The number of nitrogens with zero attached hydrogens (tertiary/aromatic N) is 2. The van der Waals surface area contributed by atoms with Crippen LogP contribution in [0.3, 0.4) is 0 Å². The molecule has 122 valence electrons. The number of halogens is 3. The lowest BCUT2D eigenvalue weighted by molar-refractivity contribution is -0.137. The van der Waals surface area contributed by atoms with Crippen LogP contribution >= 0.6 is 0 Å². The Labute approximate surface area is 127 Å². The predicted octanol–water partition coefficient (Wildman–Crippen LogP) is 1.55. The first-order chi connectivity index (χ1) is 10.3. The van der Waals surface area contributed by atoms with Crippen molar-refractivity contribution >= 4 is 5.91 Å². The lowest BCUT2D eigenvalue weighted by Crippen LogP contribution is -2.37. The van der Waals surface area contributed by atoms with Crippen LogP contribution in [0.25, 0.3) is 0 Å². The van der Waals surface area contributed by atoms with Gasteiger partial charge in [0.15, 0.2) is 0 Å². The zero-order valence-corrected chi connectivity index (χ0v) is 12.4. The number of carbonyl (C=O) groups excluding carboxylic acids is 1. The maximum atomic E-state index is 12.5. The molecule has 1 atom stereocenters. The average Bonchev–Trinajstić information content (AvgIpc) is 2.61. The molecule has 4 nitrogen and oxygen atoms in total. The summed E-state index contributed by atoms with van der Waals surface area (Å²) in [6, 6.07) is 5.14. The highest BCUT2D eigenvalue weighted by molar-refractivity contribution is 5.77. The van der Waals surface area contributed by atoms with Gasteiger partial charge in [-0.05, 0) is 24.7 Å². The Morgan fingerprint density at radius 2 is 1.86 bits per heavy atom. The molecule has 1 aromatic rings. The van der Waals surface area contributed by atoms with Crippen LogP contribution in [-0.4, -0.2) is 48.9 Å². The minimum atomic E-state index is -4.32. The molecule has 0 saturated carbocycles. The van der Waals surface area contributed by atoms with Crippen molar-refractivity contribution in [2.45, 2.75) is 12.7 Å². The van der Waals surface area contributed by atoms with Crippen molar-refractivity contribution in [3.8, 4) is 0 Å². The molecule has 1 aliphatic rings. The molecule has 0 aromatic heterocycles. The van der Waals surface area contributed by atoms with Crippen molar-refractivity contribution in [2.24, 2.45) is 11.7 Å². The van der Waals surface area contributed by atoms with Gasteiger partial charge in [0.25, 0.3) is 0 Å². The largest absolute Gasteiger partial charge is 0.416 e. The van der Waals surface area contributed by atoms with E-state index in [1.807, 2.05) is 11.9 Å². The third kappa shape index (κ3) is 4.45. The second-order valence-electron chi connectivity index (χ2n) is 5.79. The first kappa shape index (κ1) is 16.8. The van der Waals surface area contributed by atoms with E-state index in [0.717, 1.165) is 30.8 Å². The molecule has 2 rings (SSSR count). The van der Waals surface area contributed by atoms with Gasteiger partial charge in [-0.25, -0.2) is 0 Å². The van der Waals surface area contributed by atoms with Gasteiger partial charge in [-0.1, -0.05) is 12.1 Å². The molecule has 1 fully saturated rings. The Hall–Kier alpha value is -1.60. The zero-order chi connectivity index (χ0) is 16.3. The van der Waals surface area contributed by atoms with Gasteiger partial charge in [0.1, 0.15) is 0 Å². The first-order valence-electron chi connectivity index (χ1n) is 7.12. The molecule has 1 aromatic carbocycles. The highest BCUT2D eigenvalue weighted by Crippen LogP contribution is 2.29. The SMILES string of the molecule is CN1CCN(Cc2ccc(C(F)(F)F)cc2)C[C@H](C(N)=O)C1. The van der Waals surface area contributed by atoms with Crippen molar-refractivity contribution in [1.29, 1.82) is 0 Å². The number of benzene rings is 1. The van der Waals surface area contributed by atoms with Crippen LogP contribution in [0.5, 0.6) is 0 Å². The fraction of sp³-hybridized carbons (Fsp3) is 0.533. The number of amides is 1. The van der Waals surface area contributed by atoms with Crippen LogP contribution in [0.15, 0.2) is 24.3 Å². The summed E-state index contributed by atoms with van der Waals surface area (Å²) in [6.45, 7) is 3.20. The van der Waals surface area contributed by atoms with Gasteiger partial charge < -0.3 is 10.6 Å². The topological polar surface area (TPSA) is 49.6 Å². The molecular formula is C15H20F3N3O. The van der Waals surface area contributed by atoms with Crippen LogP contribution in [0.1, 0.15) is 11.1 Å². The molecular weight excluding hydrogens is 295 g/mol. The van der Waals surface area contributed by atoms with Gasteiger partial charge in [-0.15, -0.1) is 0 Å². The fourth-order valence-electron chi connectivity index (χ4n) is 2.62. The van der Waals surface area contributed by atoms with Crippen LogP contribution in [0.2, 0.25) is 0 Å². The molecule has 0 spiro atoms. The van der Waals surface area contributed by atoms with E-state index in [-0.39, 0.29) is 11.8 Å². The number of hydrogen-bond donors (Lipinski definition) is 1. The van der Waals surface area contributed by atoms with Crippen molar-refractivity contribution in [3.05, 3.63) is 35.4 Å². The second kappa shape index (κ2) is 6.66. The summed E-state index contributed by atoms with van der Waals surface area (Å²) in [5.74, 6) is -0.604. The maximum absolute atomic E-state index is 12.5. The molecule has 1 aliphatic heterocycles. The quantitative estimate of drug-likeness (QED) is 0.921. The van der Waals surface area contributed by atoms with Crippen LogP contribution < -0.4 is 5.73 Å². The third-order valence-electron chi connectivity index (χ3n) is 3.90. The number of rotatable bonds is 3.